The van der Waals surface area contributed by atoms with E-state index in [1.165, 1.54) is 0 Å². The predicted molar refractivity (Wildman–Crippen MR) is 106 cm³/mol. The number of rotatable bonds is 6. The zero-order chi connectivity index (χ0) is 20.1. The van der Waals surface area contributed by atoms with Crippen molar-refractivity contribution in [1.29, 1.82) is 0 Å². The quantitative estimate of drug-likeness (QED) is 0.764. The summed E-state index contributed by atoms with van der Waals surface area (Å²) >= 11 is 0. The lowest BCUT2D eigenvalue weighted by Crippen LogP contribution is -2.52. The third-order valence-corrected chi connectivity index (χ3v) is 6.43. The molecule has 2 heterocycles. The highest BCUT2D eigenvalue weighted by Gasteiger charge is 2.31. The van der Waals surface area contributed by atoms with Crippen molar-refractivity contribution in [1.82, 2.24) is 9.80 Å². The Labute approximate surface area is 165 Å². The summed E-state index contributed by atoms with van der Waals surface area (Å²) < 4.78 is 31.8. The molecule has 0 saturated carbocycles. The zero-order valence-corrected chi connectivity index (χ0v) is 16.9. The number of piperazine rings is 1. The fourth-order valence-corrected chi connectivity index (χ4v) is 4.63. The molecule has 1 aromatic carbocycles. The first kappa shape index (κ1) is 20.6. The molecule has 0 aliphatic carbocycles. The molecular weight excluding hydrogens is 382 g/mol. The average molecular weight is 410 g/mol. The van der Waals surface area contributed by atoms with Crippen molar-refractivity contribution in [2.45, 2.75) is 32.3 Å². The maximum Gasteiger partial charge on any atom is 0.254 e. The van der Waals surface area contributed by atoms with E-state index in [0.29, 0.717) is 50.5 Å². The van der Waals surface area contributed by atoms with E-state index in [1.807, 2.05) is 0 Å². The van der Waals surface area contributed by atoms with E-state index in [1.54, 1.807) is 41.0 Å². The lowest BCUT2D eigenvalue weighted by Gasteiger charge is -2.35. The van der Waals surface area contributed by atoms with Gasteiger partial charge in [0.15, 0.2) is 0 Å². The van der Waals surface area contributed by atoms with E-state index in [0.717, 1.165) is 12.8 Å². The predicted octanol–water partition coefficient (Wildman–Crippen LogP) is 1.30. The van der Waals surface area contributed by atoms with E-state index in [9.17, 15) is 18.0 Å². The molecule has 2 aliphatic heterocycles. The number of anilines is 1. The molecule has 9 heteroatoms. The molecule has 0 radical (unpaired) electrons. The Morgan fingerprint density at radius 1 is 1.18 bits per heavy atom. The van der Waals surface area contributed by atoms with E-state index in [-0.39, 0.29) is 23.7 Å². The van der Waals surface area contributed by atoms with Gasteiger partial charge >= 0.3 is 0 Å². The van der Waals surface area contributed by atoms with Gasteiger partial charge in [-0.3, -0.25) is 14.3 Å². The van der Waals surface area contributed by atoms with Gasteiger partial charge in [0.05, 0.1) is 5.75 Å². The van der Waals surface area contributed by atoms with Gasteiger partial charge in [0.1, 0.15) is 6.10 Å². The first-order chi connectivity index (χ1) is 13.4. The second kappa shape index (κ2) is 8.91. The van der Waals surface area contributed by atoms with Crippen LogP contribution in [0.4, 0.5) is 5.69 Å². The number of carbonyl (C=O) groups excluding carboxylic acids is 2. The van der Waals surface area contributed by atoms with Gasteiger partial charge in [0.2, 0.25) is 10.0 Å². The van der Waals surface area contributed by atoms with Gasteiger partial charge in [0, 0.05) is 44.0 Å². The number of amides is 2. The SMILES string of the molecule is CCCS(=O)(=O)Nc1cccc(C(=O)N2CCN(C(=O)C3CCCO3)CC2)c1. The summed E-state index contributed by atoms with van der Waals surface area (Å²) in [6.45, 7) is 4.28. The summed E-state index contributed by atoms with van der Waals surface area (Å²) in [4.78, 5) is 28.7. The summed E-state index contributed by atoms with van der Waals surface area (Å²) in [7, 11) is -3.41. The molecule has 2 saturated heterocycles. The third-order valence-electron chi connectivity index (χ3n) is 4.94. The molecule has 2 amide bonds. The van der Waals surface area contributed by atoms with Crippen molar-refractivity contribution < 1.29 is 22.7 Å². The number of benzene rings is 1. The Hall–Kier alpha value is -2.13. The molecule has 0 aromatic heterocycles. The van der Waals surface area contributed by atoms with Crippen LogP contribution in [-0.2, 0) is 19.6 Å². The summed E-state index contributed by atoms with van der Waals surface area (Å²) in [5, 5.41) is 0. The van der Waals surface area contributed by atoms with E-state index in [4.69, 9.17) is 4.74 Å². The fraction of sp³-hybridized carbons (Fsp3) is 0.579. The number of nitrogens with zero attached hydrogens (tertiary/aromatic N) is 2. The molecule has 2 fully saturated rings. The highest BCUT2D eigenvalue weighted by molar-refractivity contribution is 7.92. The van der Waals surface area contributed by atoms with Gasteiger partial charge in [-0.25, -0.2) is 8.42 Å². The molecule has 0 bridgehead atoms. The number of nitrogens with one attached hydrogen (secondary N) is 1. The van der Waals surface area contributed by atoms with Crippen LogP contribution in [0.25, 0.3) is 0 Å². The molecule has 1 atom stereocenters. The van der Waals surface area contributed by atoms with Crippen LogP contribution < -0.4 is 4.72 Å². The molecular formula is C19H27N3O5S. The smallest absolute Gasteiger partial charge is 0.254 e. The van der Waals surface area contributed by atoms with Crippen molar-refractivity contribution in [3.8, 4) is 0 Å². The van der Waals surface area contributed by atoms with Gasteiger partial charge in [-0.05, 0) is 37.5 Å². The van der Waals surface area contributed by atoms with Crippen molar-refractivity contribution in [3.05, 3.63) is 29.8 Å². The van der Waals surface area contributed by atoms with Gasteiger partial charge in [-0.2, -0.15) is 0 Å². The molecule has 1 unspecified atom stereocenters. The number of hydrogen-bond acceptors (Lipinski definition) is 5. The third kappa shape index (κ3) is 5.02. The molecule has 1 N–H and O–H groups in total. The standard InChI is InChI=1S/C19H27N3O5S/c1-2-13-28(25,26)20-16-6-3-5-15(14-16)18(23)21-8-10-22(11-9-21)19(24)17-7-4-12-27-17/h3,5-6,14,17,20H,2,4,7-13H2,1H3. The van der Waals surface area contributed by atoms with Crippen LogP contribution in [0.5, 0.6) is 0 Å². The lowest BCUT2D eigenvalue weighted by molar-refractivity contribution is -0.142. The minimum Gasteiger partial charge on any atom is -0.368 e. The second-order valence-corrected chi connectivity index (χ2v) is 8.96. The van der Waals surface area contributed by atoms with Gasteiger partial charge in [-0.1, -0.05) is 13.0 Å². The van der Waals surface area contributed by atoms with Crippen LogP contribution in [0.1, 0.15) is 36.5 Å². The molecule has 3 rings (SSSR count). The normalized spacial score (nSPS) is 20.2. The molecule has 2 aliphatic rings. The maximum absolute atomic E-state index is 12.8. The van der Waals surface area contributed by atoms with Crippen LogP contribution in [0.15, 0.2) is 24.3 Å². The van der Waals surface area contributed by atoms with Gasteiger partial charge in [-0.15, -0.1) is 0 Å². The van der Waals surface area contributed by atoms with Crippen LogP contribution in [0.2, 0.25) is 0 Å². The van der Waals surface area contributed by atoms with E-state index < -0.39 is 10.0 Å². The fourth-order valence-electron chi connectivity index (χ4n) is 3.50. The maximum atomic E-state index is 12.8. The molecule has 154 valence electrons. The average Bonchev–Trinajstić information content (AvgIpc) is 3.21. The minimum atomic E-state index is -3.41. The summed E-state index contributed by atoms with van der Waals surface area (Å²) in [5.74, 6) is -0.121. The molecule has 8 nitrogen and oxygen atoms in total. The zero-order valence-electron chi connectivity index (χ0n) is 16.1. The summed E-state index contributed by atoms with van der Waals surface area (Å²) in [6, 6.07) is 6.51. The number of sulfonamides is 1. The summed E-state index contributed by atoms with van der Waals surface area (Å²) in [6.07, 6.45) is 1.85. The Bertz CT molecular complexity index is 813. The number of ether oxygens (including phenoxy) is 1. The first-order valence-corrected chi connectivity index (χ1v) is 11.3. The Kier molecular flexibility index (Phi) is 6.56. The highest BCUT2D eigenvalue weighted by Crippen LogP contribution is 2.18. The second-order valence-electron chi connectivity index (χ2n) is 7.12. The van der Waals surface area contributed by atoms with Crippen LogP contribution in [0.3, 0.4) is 0 Å². The minimum absolute atomic E-state index is 0.0110. The number of carbonyl (C=O) groups is 2. The Balaban J connectivity index is 1.59. The Morgan fingerprint density at radius 3 is 2.54 bits per heavy atom. The Morgan fingerprint density at radius 2 is 1.89 bits per heavy atom. The van der Waals surface area contributed by atoms with Crippen molar-refractivity contribution in [3.63, 3.8) is 0 Å². The van der Waals surface area contributed by atoms with Crippen molar-refractivity contribution in [2.24, 2.45) is 0 Å². The largest absolute Gasteiger partial charge is 0.368 e. The lowest BCUT2D eigenvalue weighted by atomic mass is 10.1. The first-order valence-electron chi connectivity index (χ1n) is 9.70. The number of hydrogen-bond donors (Lipinski definition) is 1. The summed E-state index contributed by atoms with van der Waals surface area (Å²) in [5.41, 5.74) is 0.807. The highest BCUT2D eigenvalue weighted by atomic mass is 32.2. The van der Waals surface area contributed by atoms with Crippen molar-refractivity contribution >= 4 is 27.5 Å². The van der Waals surface area contributed by atoms with Gasteiger partial charge in [0.25, 0.3) is 11.8 Å². The van der Waals surface area contributed by atoms with E-state index in [2.05, 4.69) is 4.72 Å². The van der Waals surface area contributed by atoms with Crippen LogP contribution in [-0.4, -0.2) is 74.7 Å². The monoisotopic (exact) mass is 409 g/mol. The van der Waals surface area contributed by atoms with E-state index >= 15 is 0 Å². The molecule has 0 spiro atoms. The van der Waals surface area contributed by atoms with Crippen LogP contribution >= 0.6 is 0 Å². The van der Waals surface area contributed by atoms with Crippen LogP contribution in [0, 0.1) is 0 Å². The van der Waals surface area contributed by atoms with Gasteiger partial charge < -0.3 is 14.5 Å². The topological polar surface area (TPSA) is 96.0 Å². The molecule has 28 heavy (non-hydrogen) atoms. The molecule has 1 aromatic rings. The van der Waals surface area contributed by atoms with Crippen molar-refractivity contribution in [2.75, 3.05) is 43.3 Å².